The first-order valence-corrected chi connectivity index (χ1v) is 17.6. The number of nitrogens with zero attached hydrogens (tertiary/aromatic N) is 4. The van der Waals surface area contributed by atoms with Crippen molar-refractivity contribution in [3.63, 3.8) is 0 Å². The van der Waals surface area contributed by atoms with Gasteiger partial charge in [-0.1, -0.05) is 141 Å². The normalized spacial score (nSPS) is 13.5. The van der Waals surface area contributed by atoms with Gasteiger partial charge in [-0.15, -0.1) is 0 Å². The van der Waals surface area contributed by atoms with Crippen LogP contribution in [0.15, 0.2) is 158 Å². The van der Waals surface area contributed by atoms with Gasteiger partial charge in [0.15, 0.2) is 0 Å². The molecule has 51 heavy (non-hydrogen) atoms. The van der Waals surface area contributed by atoms with Crippen LogP contribution in [0.2, 0.25) is 0 Å². The predicted molar refractivity (Wildman–Crippen MR) is 211 cm³/mol. The van der Waals surface area contributed by atoms with E-state index in [1.165, 1.54) is 49.3 Å². The summed E-state index contributed by atoms with van der Waals surface area (Å²) in [6.07, 6.45) is 0. The van der Waals surface area contributed by atoms with Crippen molar-refractivity contribution < 1.29 is 0 Å². The Morgan fingerprint density at radius 2 is 1.04 bits per heavy atom. The number of rotatable bonds is 3. The first-order chi connectivity index (χ1) is 25.1. The van der Waals surface area contributed by atoms with Crippen LogP contribution in [0.3, 0.4) is 0 Å². The van der Waals surface area contributed by atoms with Gasteiger partial charge in [0.1, 0.15) is 0 Å². The molecule has 0 radical (unpaired) electrons. The Balaban J connectivity index is 1.29. The molecule has 240 valence electrons. The SMILES string of the molecule is CC1(C)c2ccccc2-c2ccc(-n3c4ccccc4c4ccc5c6ccccc6n(-c6nc(-c7ccccc7)c7ccccc7n6)c5c43)cc21. The van der Waals surface area contributed by atoms with Crippen LogP contribution in [0.25, 0.3) is 88.5 Å². The van der Waals surface area contributed by atoms with Crippen molar-refractivity contribution in [2.24, 2.45) is 0 Å². The summed E-state index contributed by atoms with van der Waals surface area (Å²) in [5, 5.41) is 5.81. The molecule has 10 aromatic rings. The van der Waals surface area contributed by atoms with E-state index in [2.05, 4.69) is 181 Å². The minimum atomic E-state index is -0.113. The highest BCUT2D eigenvalue weighted by atomic mass is 15.2. The van der Waals surface area contributed by atoms with E-state index in [1.807, 2.05) is 0 Å². The molecule has 11 rings (SSSR count). The minimum Gasteiger partial charge on any atom is -0.307 e. The fourth-order valence-corrected chi connectivity index (χ4v) is 8.79. The highest BCUT2D eigenvalue weighted by Crippen LogP contribution is 2.50. The lowest BCUT2D eigenvalue weighted by atomic mass is 9.82. The second kappa shape index (κ2) is 10.3. The van der Waals surface area contributed by atoms with E-state index in [0.717, 1.165) is 44.4 Å². The third kappa shape index (κ3) is 3.85. The smallest absolute Gasteiger partial charge is 0.235 e. The topological polar surface area (TPSA) is 35.6 Å². The van der Waals surface area contributed by atoms with E-state index in [-0.39, 0.29) is 5.41 Å². The van der Waals surface area contributed by atoms with Crippen LogP contribution in [0.5, 0.6) is 0 Å². The molecule has 1 aliphatic rings. The van der Waals surface area contributed by atoms with Crippen molar-refractivity contribution in [2.45, 2.75) is 19.3 Å². The molecule has 7 aromatic carbocycles. The standard InChI is InChI=1S/C47H32N4/c1-47(2)38-20-10-6-16-31(38)32-25-24-30(28-39(32)47)50-41-22-12-8-17-33(41)35-26-27-36-34-18-9-13-23-42(34)51(45(36)44(35)50)46-48-40-21-11-7-19-37(40)43(49-46)29-14-4-3-5-15-29/h3-28H,1-2H3. The van der Waals surface area contributed by atoms with Gasteiger partial charge in [-0.25, -0.2) is 9.97 Å². The maximum absolute atomic E-state index is 5.41. The summed E-state index contributed by atoms with van der Waals surface area (Å²) in [5.41, 5.74) is 13.8. The van der Waals surface area contributed by atoms with Crippen LogP contribution in [-0.4, -0.2) is 19.1 Å². The Kier molecular flexibility index (Phi) is 5.70. The molecule has 0 unspecified atom stereocenters. The second-order valence-corrected chi connectivity index (χ2v) is 14.2. The largest absolute Gasteiger partial charge is 0.307 e. The Morgan fingerprint density at radius 1 is 0.451 bits per heavy atom. The Morgan fingerprint density at radius 3 is 1.80 bits per heavy atom. The van der Waals surface area contributed by atoms with Crippen molar-refractivity contribution in [2.75, 3.05) is 0 Å². The van der Waals surface area contributed by atoms with Crippen molar-refractivity contribution >= 4 is 54.5 Å². The zero-order valence-corrected chi connectivity index (χ0v) is 28.3. The molecule has 0 bridgehead atoms. The van der Waals surface area contributed by atoms with Gasteiger partial charge in [0.25, 0.3) is 0 Å². The molecule has 4 heteroatoms. The van der Waals surface area contributed by atoms with Gasteiger partial charge in [0.05, 0.1) is 33.3 Å². The number of para-hydroxylation sites is 3. The van der Waals surface area contributed by atoms with Gasteiger partial charge in [-0.2, -0.15) is 0 Å². The van der Waals surface area contributed by atoms with Crippen LogP contribution in [-0.2, 0) is 5.41 Å². The van der Waals surface area contributed by atoms with Crippen molar-refractivity contribution in [1.29, 1.82) is 0 Å². The lowest BCUT2D eigenvalue weighted by molar-refractivity contribution is 0.660. The van der Waals surface area contributed by atoms with Gasteiger partial charge < -0.3 is 4.57 Å². The van der Waals surface area contributed by atoms with Crippen molar-refractivity contribution in [1.82, 2.24) is 19.1 Å². The maximum Gasteiger partial charge on any atom is 0.235 e. The van der Waals surface area contributed by atoms with E-state index in [1.54, 1.807) is 0 Å². The second-order valence-electron chi connectivity index (χ2n) is 14.2. The lowest BCUT2D eigenvalue weighted by Crippen LogP contribution is -2.15. The molecule has 0 saturated carbocycles. The molecule has 0 amide bonds. The highest BCUT2D eigenvalue weighted by molar-refractivity contribution is 6.23. The summed E-state index contributed by atoms with van der Waals surface area (Å²) in [6.45, 7) is 4.70. The number of aromatic nitrogens is 4. The van der Waals surface area contributed by atoms with Gasteiger partial charge >= 0.3 is 0 Å². The average Bonchev–Trinajstić information content (AvgIpc) is 3.78. The molecule has 0 fully saturated rings. The molecule has 4 nitrogen and oxygen atoms in total. The van der Waals surface area contributed by atoms with Crippen LogP contribution < -0.4 is 0 Å². The van der Waals surface area contributed by atoms with Crippen molar-refractivity contribution in [3.05, 3.63) is 169 Å². The van der Waals surface area contributed by atoms with Gasteiger partial charge in [0.2, 0.25) is 5.95 Å². The highest BCUT2D eigenvalue weighted by Gasteiger charge is 2.35. The fourth-order valence-electron chi connectivity index (χ4n) is 8.79. The molecule has 0 saturated heterocycles. The number of fused-ring (bicyclic) bond motifs is 11. The number of benzene rings is 7. The van der Waals surface area contributed by atoms with Gasteiger partial charge in [-0.3, -0.25) is 4.57 Å². The van der Waals surface area contributed by atoms with E-state index < -0.39 is 0 Å². The summed E-state index contributed by atoms with van der Waals surface area (Å²) in [6, 6.07) is 56.8. The number of hydrogen-bond donors (Lipinski definition) is 0. The fraction of sp³-hybridized carbons (Fsp3) is 0.0638. The van der Waals surface area contributed by atoms with Crippen LogP contribution >= 0.6 is 0 Å². The molecule has 3 aromatic heterocycles. The Hall–Kier alpha value is -6.52. The van der Waals surface area contributed by atoms with Crippen LogP contribution in [0, 0.1) is 0 Å². The summed E-state index contributed by atoms with van der Waals surface area (Å²) in [5.74, 6) is 0.661. The molecular weight excluding hydrogens is 621 g/mol. The molecule has 0 spiro atoms. The Bertz CT molecular complexity index is 3050. The molecule has 3 heterocycles. The summed E-state index contributed by atoms with van der Waals surface area (Å²) in [7, 11) is 0. The first kappa shape index (κ1) is 28.3. The van der Waals surface area contributed by atoms with Crippen LogP contribution in [0.4, 0.5) is 0 Å². The summed E-state index contributed by atoms with van der Waals surface area (Å²) >= 11 is 0. The van der Waals surface area contributed by atoms with Crippen molar-refractivity contribution in [3.8, 4) is 34.0 Å². The molecular formula is C47H32N4. The predicted octanol–water partition coefficient (Wildman–Crippen LogP) is 11.8. The van der Waals surface area contributed by atoms with E-state index in [0.29, 0.717) is 5.95 Å². The molecule has 1 aliphatic carbocycles. The minimum absolute atomic E-state index is 0.113. The lowest BCUT2D eigenvalue weighted by Gasteiger charge is -2.22. The van der Waals surface area contributed by atoms with Gasteiger partial charge in [0, 0.05) is 43.6 Å². The maximum atomic E-state index is 5.41. The van der Waals surface area contributed by atoms with Crippen LogP contribution in [0.1, 0.15) is 25.0 Å². The molecule has 0 aliphatic heterocycles. The van der Waals surface area contributed by atoms with E-state index in [9.17, 15) is 0 Å². The monoisotopic (exact) mass is 652 g/mol. The summed E-state index contributed by atoms with van der Waals surface area (Å²) in [4.78, 5) is 10.7. The van der Waals surface area contributed by atoms with Gasteiger partial charge in [-0.05, 0) is 52.6 Å². The zero-order valence-electron chi connectivity index (χ0n) is 28.3. The number of hydrogen-bond acceptors (Lipinski definition) is 2. The Labute approximate surface area is 294 Å². The molecule has 0 atom stereocenters. The average molecular weight is 653 g/mol. The third-order valence-electron chi connectivity index (χ3n) is 11.1. The molecule has 0 N–H and O–H groups in total. The van der Waals surface area contributed by atoms with E-state index >= 15 is 0 Å². The zero-order chi connectivity index (χ0) is 33.8. The summed E-state index contributed by atoms with van der Waals surface area (Å²) < 4.78 is 4.77. The quantitative estimate of drug-likeness (QED) is 0.190. The van der Waals surface area contributed by atoms with E-state index in [4.69, 9.17) is 9.97 Å². The third-order valence-corrected chi connectivity index (χ3v) is 11.1. The first-order valence-electron chi connectivity index (χ1n) is 17.6.